The maximum Gasteiger partial charge on any atom is 0.343 e. The third-order valence-corrected chi connectivity index (χ3v) is 6.35. The van der Waals surface area contributed by atoms with Gasteiger partial charge in [-0.15, -0.1) is 0 Å². The van der Waals surface area contributed by atoms with E-state index in [2.05, 4.69) is 10.6 Å². The molecule has 0 saturated carbocycles. The molecule has 0 amide bonds. The summed E-state index contributed by atoms with van der Waals surface area (Å²) in [5, 5.41) is 0. The molecule has 0 unspecified atom stereocenters. The van der Waals surface area contributed by atoms with Gasteiger partial charge in [0.25, 0.3) is 0 Å². The predicted octanol–water partition coefficient (Wildman–Crippen LogP) is 5.60. The summed E-state index contributed by atoms with van der Waals surface area (Å²) >= 11 is 0. The van der Waals surface area contributed by atoms with Crippen LogP contribution in [0.1, 0.15) is 35.0 Å². The molecule has 2 heterocycles. The zero-order chi connectivity index (χ0) is 25.4. The van der Waals surface area contributed by atoms with Crippen LogP contribution in [0.5, 0.6) is 5.75 Å². The van der Waals surface area contributed by atoms with Gasteiger partial charge in [-0.25, -0.2) is 4.79 Å². The molecule has 6 nitrogen and oxygen atoms in total. The number of aryl methyl sites for hydroxylation is 3. The number of carbonyl (C=O) groups excluding carboxylic acids is 2. The molecule has 180 valence electrons. The van der Waals surface area contributed by atoms with Gasteiger partial charge in [0.05, 0.1) is 19.9 Å². The number of esters is 1. The van der Waals surface area contributed by atoms with Crippen molar-refractivity contribution in [2.75, 3.05) is 19.1 Å². The van der Waals surface area contributed by atoms with Crippen molar-refractivity contribution in [2.24, 2.45) is 0 Å². The molecule has 0 atom stereocenters. The topological polar surface area (TPSA) is 60.8 Å². The van der Waals surface area contributed by atoms with Crippen LogP contribution < -0.4 is 9.64 Å². The number of benzene rings is 2. The first-order chi connectivity index (χ1) is 16.7. The average molecular weight is 471 g/mol. The van der Waals surface area contributed by atoms with E-state index < -0.39 is 5.97 Å². The van der Waals surface area contributed by atoms with E-state index in [1.807, 2.05) is 81.1 Å². The van der Waals surface area contributed by atoms with Gasteiger partial charge in [0.15, 0.2) is 0 Å². The Bertz CT molecular complexity index is 1370. The van der Waals surface area contributed by atoms with Crippen LogP contribution in [0, 0.1) is 27.7 Å². The molecule has 0 bridgehead atoms. The van der Waals surface area contributed by atoms with E-state index in [-0.39, 0.29) is 11.4 Å². The first-order valence-electron chi connectivity index (χ1n) is 11.4. The quantitative estimate of drug-likeness (QED) is 0.276. The van der Waals surface area contributed by atoms with Crippen molar-refractivity contribution in [3.05, 3.63) is 93.6 Å². The second-order valence-electron chi connectivity index (χ2n) is 8.85. The zero-order valence-corrected chi connectivity index (χ0v) is 21.2. The second kappa shape index (κ2) is 9.29. The van der Waals surface area contributed by atoms with Crippen molar-refractivity contribution in [3.63, 3.8) is 0 Å². The highest BCUT2D eigenvalue weighted by molar-refractivity contribution is 6.30. The highest BCUT2D eigenvalue weighted by Crippen LogP contribution is 2.37. The number of aromatic nitrogens is 1. The molecular formula is C29H30N2O4. The van der Waals surface area contributed by atoms with E-state index in [0.29, 0.717) is 11.4 Å². The maximum absolute atomic E-state index is 13.5. The average Bonchev–Trinajstić information content (AvgIpc) is 3.24. The van der Waals surface area contributed by atoms with Gasteiger partial charge in [-0.05, 0) is 99.8 Å². The summed E-state index contributed by atoms with van der Waals surface area (Å²) in [6.45, 7) is 9.86. The molecule has 35 heavy (non-hydrogen) atoms. The fourth-order valence-electron chi connectivity index (χ4n) is 4.78. The molecule has 4 rings (SSSR count). The molecule has 0 aliphatic carbocycles. The van der Waals surface area contributed by atoms with Gasteiger partial charge in [0.1, 0.15) is 11.3 Å². The molecule has 6 heteroatoms. The molecule has 0 N–H and O–H groups in total. The SMILES string of the molecule is COC(=O)C1=C(C)N(c2cc(C)cc(C)c2)/C(=C\c2cc(C)n(-c3ccc(OC)cc3)c2C)C1=O. The highest BCUT2D eigenvalue weighted by Gasteiger charge is 2.38. The van der Waals surface area contributed by atoms with Gasteiger partial charge in [-0.1, -0.05) is 6.07 Å². The normalized spacial score (nSPS) is 14.8. The van der Waals surface area contributed by atoms with Gasteiger partial charge < -0.3 is 18.9 Å². The summed E-state index contributed by atoms with van der Waals surface area (Å²) in [6.07, 6.45) is 1.86. The fraction of sp³-hybridized carbons (Fsp3) is 0.241. The van der Waals surface area contributed by atoms with Crippen LogP contribution in [0.15, 0.2) is 65.5 Å². The molecule has 1 aliphatic rings. The highest BCUT2D eigenvalue weighted by atomic mass is 16.5. The van der Waals surface area contributed by atoms with Crippen LogP contribution >= 0.6 is 0 Å². The molecule has 1 aromatic heterocycles. The van der Waals surface area contributed by atoms with Gasteiger partial charge in [-0.3, -0.25) is 4.79 Å². The lowest BCUT2D eigenvalue weighted by Crippen LogP contribution is -2.18. The Balaban J connectivity index is 1.87. The summed E-state index contributed by atoms with van der Waals surface area (Å²) in [7, 11) is 2.94. The zero-order valence-electron chi connectivity index (χ0n) is 21.2. The summed E-state index contributed by atoms with van der Waals surface area (Å²) in [4.78, 5) is 27.9. The van der Waals surface area contributed by atoms with Crippen LogP contribution in [-0.4, -0.2) is 30.5 Å². The Labute approximate surface area is 206 Å². The number of hydrogen-bond donors (Lipinski definition) is 0. The third-order valence-electron chi connectivity index (χ3n) is 6.35. The second-order valence-corrected chi connectivity index (χ2v) is 8.85. The molecule has 0 saturated heterocycles. The minimum atomic E-state index is -0.631. The minimum Gasteiger partial charge on any atom is -0.497 e. The van der Waals surface area contributed by atoms with E-state index in [1.54, 1.807) is 14.0 Å². The molecule has 2 aromatic carbocycles. The lowest BCUT2D eigenvalue weighted by atomic mass is 10.1. The summed E-state index contributed by atoms with van der Waals surface area (Å²) in [6, 6.07) is 16.0. The minimum absolute atomic E-state index is 0.0573. The van der Waals surface area contributed by atoms with Crippen LogP contribution in [-0.2, 0) is 14.3 Å². The van der Waals surface area contributed by atoms with E-state index >= 15 is 0 Å². The standard InChI is InChI=1S/C29H30N2O4/c1-17-12-18(2)14-24(13-17)31-21(5)27(29(33)35-7)28(32)26(31)16-22-15-19(3)30(20(22)4)23-8-10-25(34-6)11-9-23/h8-16H,1-7H3/b26-16-. The number of allylic oxidation sites excluding steroid dienone is 2. The summed E-state index contributed by atoms with van der Waals surface area (Å²) < 4.78 is 12.4. The van der Waals surface area contributed by atoms with Crippen molar-refractivity contribution in [1.82, 2.24) is 4.57 Å². The van der Waals surface area contributed by atoms with Crippen LogP contribution in [0.25, 0.3) is 11.8 Å². The smallest absolute Gasteiger partial charge is 0.343 e. The maximum atomic E-state index is 13.5. The van der Waals surface area contributed by atoms with Crippen LogP contribution in [0.2, 0.25) is 0 Å². The Morgan fingerprint density at radius 2 is 1.49 bits per heavy atom. The first kappa shape index (κ1) is 24.1. The van der Waals surface area contributed by atoms with E-state index in [1.165, 1.54) is 7.11 Å². The largest absolute Gasteiger partial charge is 0.497 e. The number of methoxy groups -OCH3 is 2. The Morgan fingerprint density at radius 3 is 2.06 bits per heavy atom. The van der Waals surface area contributed by atoms with E-state index in [4.69, 9.17) is 9.47 Å². The Hall–Kier alpha value is -4.06. The lowest BCUT2D eigenvalue weighted by Gasteiger charge is -2.22. The van der Waals surface area contributed by atoms with Gasteiger partial charge in [0, 0.05) is 28.5 Å². The third kappa shape index (κ3) is 4.28. The van der Waals surface area contributed by atoms with Crippen LogP contribution in [0.3, 0.4) is 0 Å². The Kier molecular flexibility index (Phi) is 6.39. The number of anilines is 1. The van der Waals surface area contributed by atoms with E-state index in [9.17, 15) is 9.59 Å². The summed E-state index contributed by atoms with van der Waals surface area (Å²) in [5.41, 5.74) is 7.93. The van der Waals surface area contributed by atoms with Crippen molar-refractivity contribution in [3.8, 4) is 11.4 Å². The van der Waals surface area contributed by atoms with E-state index in [0.717, 1.165) is 45.2 Å². The lowest BCUT2D eigenvalue weighted by molar-refractivity contribution is -0.137. The van der Waals surface area contributed by atoms with Gasteiger partial charge in [-0.2, -0.15) is 0 Å². The van der Waals surface area contributed by atoms with Crippen LogP contribution in [0.4, 0.5) is 5.69 Å². The van der Waals surface area contributed by atoms with Crippen molar-refractivity contribution < 1.29 is 19.1 Å². The number of ketones is 1. The Morgan fingerprint density at radius 1 is 0.857 bits per heavy atom. The predicted molar refractivity (Wildman–Crippen MR) is 138 cm³/mol. The number of rotatable bonds is 5. The number of ether oxygens (including phenoxy) is 2. The monoisotopic (exact) mass is 470 g/mol. The number of Topliss-reactive ketones (excluding diaryl/α,β-unsaturated/α-hetero) is 1. The molecule has 0 fully saturated rings. The van der Waals surface area contributed by atoms with Gasteiger partial charge >= 0.3 is 5.97 Å². The molecular weight excluding hydrogens is 440 g/mol. The number of hydrogen-bond acceptors (Lipinski definition) is 5. The van der Waals surface area contributed by atoms with Crippen molar-refractivity contribution in [2.45, 2.75) is 34.6 Å². The fourth-order valence-corrected chi connectivity index (χ4v) is 4.78. The molecule has 1 aliphatic heterocycles. The van der Waals surface area contributed by atoms with Gasteiger partial charge in [0.2, 0.25) is 5.78 Å². The van der Waals surface area contributed by atoms with Crippen molar-refractivity contribution >= 4 is 23.5 Å². The number of nitrogens with zero attached hydrogens (tertiary/aromatic N) is 2. The van der Waals surface area contributed by atoms with Crippen molar-refractivity contribution in [1.29, 1.82) is 0 Å². The summed E-state index contributed by atoms with van der Waals surface area (Å²) in [5.74, 6) is -0.187. The molecule has 0 spiro atoms. The molecule has 3 aromatic rings. The first-order valence-corrected chi connectivity index (χ1v) is 11.4. The molecule has 0 radical (unpaired) electrons. The number of carbonyl (C=O) groups is 2.